The zero-order valence-electron chi connectivity index (χ0n) is 12.8. The summed E-state index contributed by atoms with van der Waals surface area (Å²) in [7, 11) is 1.84. The predicted molar refractivity (Wildman–Crippen MR) is 78.2 cm³/mol. The number of hydrogen-bond acceptors (Lipinski definition) is 3. The highest BCUT2D eigenvalue weighted by Gasteiger charge is 2.36. The van der Waals surface area contributed by atoms with Gasteiger partial charge in [0.1, 0.15) is 0 Å². The maximum Gasteiger partial charge on any atom is 0.311 e. The number of rotatable bonds is 7. The van der Waals surface area contributed by atoms with E-state index in [-0.39, 0.29) is 12.5 Å². The lowest BCUT2D eigenvalue weighted by atomic mass is 9.82. The fourth-order valence-electron chi connectivity index (χ4n) is 2.69. The maximum atomic E-state index is 12.4. The van der Waals surface area contributed by atoms with Crippen LogP contribution in [0.4, 0.5) is 0 Å². The van der Waals surface area contributed by atoms with Crippen LogP contribution >= 0.6 is 0 Å². The summed E-state index contributed by atoms with van der Waals surface area (Å²) in [4.78, 5) is 23.8. The minimum atomic E-state index is -0.891. The molecule has 0 bridgehead atoms. The normalized spacial score (nSPS) is 15.0. The van der Waals surface area contributed by atoms with Gasteiger partial charge in [0.15, 0.2) is 0 Å². The largest absolute Gasteiger partial charge is 0.481 e. The summed E-state index contributed by atoms with van der Waals surface area (Å²) in [5.74, 6) is -0.668. The lowest BCUT2D eigenvalue weighted by molar-refractivity contribution is -0.149. The molecule has 0 spiro atoms. The van der Waals surface area contributed by atoms with E-state index in [9.17, 15) is 14.7 Å². The summed E-state index contributed by atoms with van der Waals surface area (Å²) in [6, 6.07) is 0. The number of carbonyl (C=O) groups excluding carboxylic acids is 1. The Morgan fingerprint density at radius 1 is 1.43 bits per heavy atom. The fraction of sp³-hybridized carbons (Fsp3) is 0.667. The average Bonchev–Trinajstić information content (AvgIpc) is 3.22. The van der Waals surface area contributed by atoms with Gasteiger partial charge >= 0.3 is 5.97 Å². The molecule has 1 aliphatic carbocycles. The molecule has 2 N–H and O–H groups in total. The van der Waals surface area contributed by atoms with Crippen molar-refractivity contribution < 1.29 is 14.7 Å². The molecule has 6 nitrogen and oxygen atoms in total. The van der Waals surface area contributed by atoms with Crippen molar-refractivity contribution in [2.75, 3.05) is 6.54 Å². The Bertz CT molecular complexity index is 542. The number of aromatic nitrogens is 2. The molecule has 0 unspecified atom stereocenters. The van der Waals surface area contributed by atoms with E-state index in [1.807, 2.05) is 20.9 Å². The number of amides is 1. The van der Waals surface area contributed by atoms with E-state index in [1.54, 1.807) is 10.9 Å². The molecule has 1 saturated carbocycles. The van der Waals surface area contributed by atoms with Crippen LogP contribution in [0.2, 0.25) is 0 Å². The zero-order chi connectivity index (χ0) is 15.6. The summed E-state index contributed by atoms with van der Waals surface area (Å²) < 4.78 is 1.75. The first-order chi connectivity index (χ1) is 9.95. The molecule has 0 atom stereocenters. The number of aliphatic carboxylic acids is 1. The van der Waals surface area contributed by atoms with Gasteiger partial charge in [0.2, 0.25) is 0 Å². The van der Waals surface area contributed by atoms with Crippen LogP contribution in [0.1, 0.15) is 61.5 Å². The van der Waals surface area contributed by atoms with Gasteiger partial charge in [0.25, 0.3) is 5.91 Å². The van der Waals surface area contributed by atoms with Crippen molar-refractivity contribution >= 4 is 11.9 Å². The van der Waals surface area contributed by atoms with Gasteiger partial charge in [-0.15, -0.1) is 0 Å². The van der Waals surface area contributed by atoms with Gasteiger partial charge < -0.3 is 10.4 Å². The molecule has 6 heteroatoms. The molecule has 1 aromatic heterocycles. The first-order valence-corrected chi connectivity index (χ1v) is 7.48. The first kappa shape index (κ1) is 15.5. The Hall–Kier alpha value is -1.85. The summed E-state index contributed by atoms with van der Waals surface area (Å²) in [5, 5.41) is 16.3. The van der Waals surface area contributed by atoms with E-state index < -0.39 is 11.4 Å². The molecule has 1 heterocycles. The highest BCUT2D eigenvalue weighted by Crippen LogP contribution is 2.41. The number of hydrogen-bond donors (Lipinski definition) is 2. The Morgan fingerprint density at radius 3 is 2.52 bits per heavy atom. The molecule has 0 aliphatic heterocycles. The molecule has 0 radical (unpaired) electrons. The van der Waals surface area contributed by atoms with Crippen molar-refractivity contribution in [2.45, 2.75) is 45.4 Å². The zero-order valence-corrected chi connectivity index (χ0v) is 12.8. The van der Waals surface area contributed by atoms with Gasteiger partial charge in [0, 0.05) is 19.5 Å². The van der Waals surface area contributed by atoms with E-state index in [2.05, 4.69) is 10.4 Å². The Balaban J connectivity index is 2.10. The van der Waals surface area contributed by atoms with E-state index in [4.69, 9.17) is 0 Å². The van der Waals surface area contributed by atoms with E-state index in [0.717, 1.165) is 18.5 Å². The average molecular weight is 293 g/mol. The van der Waals surface area contributed by atoms with Gasteiger partial charge in [-0.3, -0.25) is 14.3 Å². The number of aryl methyl sites for hydroxylation is 1. The van der Waals surface area contributed by atoms with Crippen LogP contribution in [0.25, 0.3) is 0 Å². The van der Waals surface area contributed by atoms with Gasteiger partial charge in [0.05, 0.1) is 22.9 Å². The predicted octanol–water partition coefficient (Wildman–Crippen LogP) is 1.92. The fourth-order valence-corrected chi connectivity index (χ4v) is 2.69. The van der Waals surface area contributed by atoms with Crippen molar-refractivity contribution in [1.29, 1.82) is 0 Å². The van der Waals surface area contributed by atoms with Crippen molar-refractivity contribution in [3.63, 3.8) is 0 Å². The summed E-state index contributed by atoms with van der Waals surface area (Å²) in [5.41, 5.74) is 0.644. The highest BCUT2D eigenvalue weighted by atomic mass is 16.4. The molecule has 1 fully saturated rings. The van der Waals surface area contributed by atoms with Crippen molar-refractivity contribution in [2.24, 2.45) is 12.5 Å². The molecule has 0 aromatic carbocycles. The standard InChI is InChI=1S/C15H23N3O3/c1-4-15(5-2,14(20)21)9-16-13(19)11-8-17-18(3)12(11)10-6-7-10/h8,10H,4-7,9H2,1-3H3,(H,16,19)(H,20,21). The summed E-state index contributed by atoms with van der Waals surface area (Å²) in [6.45, 7) is 3.82. The minimum Gasteiger partial charge on any atom is -0.481 e. The lowest BCUT2D eigenvalue weighted by Gasteiger charge is -2.26. The topological polar surface area (TPSA) is 84.2 Å². The SMILES string of the molecule is CCC(CC)(CNC(=O)c1cnn(C)c1C1CC1)C(=O)O. The van der Waals surface area contributed by atoms with E-state index in [1.165, 1.54) is 0 Å². The molecule has 2 rings (SSSR count). The second-order valence-electron chi connectivity index (χ2n) is 5.82. The molecule has 0 saturated heterocycles. The minimum absolute atomic E-state index is 0.146. The Kier molecular flexibility index (Phi) is 4.34. The monoisotopic (exact) mass is 293 g/mol. The quantitative estimate of drug-likeness (QED) is 0.804. The number of carboxylic acids is 1. The van der Waals surface area contributed by atoms with Crippen LogP contribution in [-0.4, -0.2) is 33.3 Å². The third kappa shape index (κ3) is 2.94. The number of carbonyl (C=O) groups is 2. The van der Waals surface area contributed by atoms with Crippen molar-refractivity contribution in [3.05, 3.63) is 17.5 Å². The third-order valence-electron chi connectivity index (χ3n) is 4.59. The molecule has 1 amide bonds. The van der Waals surface area contributed by atoms with Crippen molar-refractivity contribution in [1.82, 2.24) is 15.1 Å². The van der Waals surface area contributed by atoms with Crippen LogP contribution < -0.4 is 5.32 Å². The van der Waals surface area contributed by atoms with Gasteiger partial charge in [-0.25, -0.2) is 0 Å². The molecule has 1 aliphatic rings. The molecule has 116 valence electrons. The second-order valence-corrected chi connectivity index (χ2v) is 5.82. The lowest BCUT2D eigenvalue weighted by Crippen LogP contribution is -2.42. The summed E-state index contributed by atoms with van der Waals surface area (Å²) >= 11 is 0. The van der Waals surface area contributed by atoms with Crippen LogP contribution in [0.5, 0.6) is 0 Å². The molecular weight excluding hydrogens is 270 g/mol. The Morgan fingerprint density at radius 2 is 2.05 bits per heavy atom. The number of nitrogens with zero attached hydrogens (tertiary/aromatic N) is 2. The van der Waals surface area contributed by atoms with E-state index in [0.29, 0.717) is 24.3 Å². The van der Waals surface area contributed by atoms with Gasteiger partial charge in [-0.05, 0) is 25.7 Å². The number of carboxylic acid groups (broad SMARTS) is 1. The van der Waals surface area contributed by atoms with Crippen LogP contribution in [0.3, 0.4) is 0 Å². The van der Waals surface area contributed by atoms with Crippen molar-refractivity contribution in [3.8, 4) is 0 Å². The smallest absolute Gasteiger partial charge is 0.311 e. The maximum absolute atomic E-state index is 12.4. The third-order valence-corrected chi connectivity index (χ3v) is 4.59. The second kappa shape index (κ2) is 5.87. The van der Waals surface area contributed by atoms with Gasteiger partial charge in [-0.2, -0.15) is 5.10 Å². The first-order valence-electron chi connectivity index (χ1n) is 7.48. The molecule has 1 aromatic rings. The highest BCUT2D eigenvalue weighted by molar-refractivity contribution is 5.95. The molecular formula is C15H23N3O3. The van der Waals surface area contributed by atoms with Gasteiger partial charge in [-0.1, -0.05) is 13.8 Å². The van der Waals surface area contributed by atoms with Crippen LogP contribution in [0, 0.1) is 5.41 Å². The number of nitrogens with one attached hydrogen (secondary N) is 1. The Labute approximate surface area is 124 Å². The summed E-state index contributed by atoms with van der Waals surface area (Å²) in [6.07, 6.45) is 4.72. The van der Waals surface area contributed by atoms with Crippen LogP contribution in [0.15, 0.2) is 6.20 Å². The van der Waals surface area contributed by atoms with Crippen LogP contribution in [-0.2, 0) is 11.8 Å². The van der Waals surface area contributed by atoms with E-state index >= 15 is 0 Å². The molecule has 21 heavy (non-hydrogen) atoms.